The van der Waals surface area contributed by atoms with Gasteiger partial charge < -0.3 is 9.26 Å². The molecule has 1 aliphatic heterocycles. The van der Waals surface area contributed by atoms with Crippen molar-refractivity contribution in [3.63, 3.8) is 0 Å². The Kier molecular flexibility index (Phi) is 6.42. The van der Waals surface area contributed by atoms with Gasteiger partial charge in [0, 0.05) is 43.5 Å². The number of nitrogens with zero attached hydrogens (tertiary/aromatic N) is 3. The molecule has 162 valence electrons. The Morgan fingerprint density at radius 3 is 2.97 bits per heavy atom. The maximum atomic E-state index is 13.6. The Morgan fingerprint density at radius 2 is 2.19 bits per heavy atom. The first-order valence-corrected chi connectivity index (χ1v) is 10.6. The topological polar surface area (TPSA) is 68.5 Å². The number of hydrogen-bond donors (Lipinski definition) is 0. The molecule has 6 nitrogen and oxygen atoms in total. The number of likely N-dealkylation sites (tertiary alicyclic amines) is 1. The predicted octanol–water partition coefficient (Wildman–Crippen LogP) is 4.26. The van der Waals surface area contributed by atoms with Gasteiger partial charge in [-0.05, 0) is 50.1 Å². The molecule has 1 aromatic carbocycles. The van der Waals surface area contributed by atoms with Crippen molar-refractivity contribution in [3.05, 3.63) is 72.0 Å². The summed E-state index contributed by atoms with van der Waals surface area (Å²) in [6, 6.07) is 12.0. The summed E-state index contributed by atoms with van der Waals surface area (Å²) >= 11 is 0. The molecule has 0 amide bonds. The highest BCUT2D eigenvalue weighted by Crippen LogP contribution is 2.36. The van der Waals surface area contributed by atoms with Gasteiger partial charge in [0.05, 0.1) is 12.0 Å². The van der Waals surface area contributed by atoms with E-state index in [0.29, 0.717) is 43.0 Å². The molecule has 0 saturated carbocycles. The summed E-state index contributed by atoms with van der Waals surface area (Å²) in [6.07, 6.45) is 5.58. The number of halogens is 1. The van der Waals surface area contributed by atoms with Crippen LogP contribution in [0.1, 0.15) is 31.1 Å². The number of ether oxygens (including phenoxy) is 1. The fourth-order valence-electron chi connectivity index (χ4n) is 4.29. The SMILES string of the molecule is CCOC(=O)C1(Cc2cc(-c3cccc(F)c3)no2)CCCN(Cc2cccnc2)C1. The van der Waals surface area contributed by atoms with Crippen LogP contribution in [0.4, 0.5) is 4.39 Å². The molecule has 0 N–H and O–H groups in total. The normalized spacial score (nSPS) is 19.3. The van der Waals surface area contributed by atoms with Crippen molar-refractivity contribution < 1.29 is 18.4 Å². The van der Waals surface area contributed by atoms with Crippen molar-refractivity contribution in [2.45, 2.75) is 32.7 Å². The van der Waals surface area contributed by atoms with Gasteiger partial charge in [0.15, 0.2) is 0 Å². The zero-order valence-corrected chi connectivity index (χ0v) is 17.6. The van der Waals surface area contributed by atoms with Gasteiger partial charge in [-0.15, -0.1) is 0 Å². The average Bonchev–Trinajstić information content (AvgIpc) is 3.23. The Morgan fingerprint density at radius 1 is 1.29 bits per heavy atom. The van der Waals surface area contributed by atoms with Crippen LogP contribution in [0.5, 0.6) is 0 Å². The standard InChI is InChI=1S/C24H26FN3O3/c1-2-30-23(29)24(9-5-11-28(17-24)16-18-6-4-10-26-15-18)14-21-13-22(27-31-21)19-7-3-8-20(25)12-19/h3-4,6-8,10,12-13,15H,2,5,9,11,14,16-17H2,1H3. The molecule has 0 spiro atoms. The lowest BCUT2D eigenvalue weighted by Gasteiger charge is -2.40. The van der Waals surface area contributed by atoms with Crippen LogP contribution in [-0.4, -0.2) is 40.7 Å². The molecule has 7 heteroatoms. The highest BCUT2D eigenvalue weighted by molar-refractivity contribution is 5.77. The first kappa shape index (κ1) is 21.2. The highest BCUT2D eigenvalue weighted by atomic mass is 19.1. The third kappa shape index (κ3) is 4.99. The average molecular weight is 423 g/mol. The van der Waals surface area contributed by atoms with Gasteiger partial charge in [-0.3, -0.25) is 14.7 Å². The Labute approximate surface area is 181 Å². The Balaban J connectivity index is 1.56. The molecule has 0 aliphatic carbocycles. The van der Waals surface area contributed by atoms with Gasteiger partial charge in [0.1, 0.15) is 17.3 Å². The Hall–Kier alpha value is -3.06. The quantitative estimate of drug-likeness (QED) is 0.529. The fourth-order valence-corrected chi connectivity index (χ4v) is 4.29. The monoisotopic (exact) mass is 423 g/mol. The minimum atomic E-state index is -0.713. The second-order valence-electron chi connectivity index (χ2n) is 8.04. The van der Waals surface area contributed by atoms with E-state index in [9.17, 15) is 9.18 Å². The first-order chi connectivity index (χ1) is 15.1. The smallest absolute Gasteiger partial charge is 0.313 e. The molecule has 0 bridgehead atoms. The van der Waals surface area contributed by atoms with Crippen LogP contribution in [0.3, 0.4) is 0 Å². The molecule has 1 fully saturated rings. The number of rotatable bonds is 7. The number of piperidine rings is 1. The second-order valence-corrected chi connectivity index (χ2v) is 8.04. The molecule has 3 heterocycles. The summed E-state index contributed by atoms with van der Waals surface area (Å²) in [5.41, 5.74) is 1.59. The number of carbonyl (C=O) groups is 1. The van der Waals surface area contributed by atoms with Crippen LogP contribution in [0.2, 0.25) is 0 Å². The molecule has 1 atom stereocenters. The number of aromatic nitrogens is 2. The first-order valence-electron chi connectivity index (χ1n) is 10.6. The van der Waals surface area contributed by atoms with Crippen LogP contribution in [-0.2, 0) is 22.5 Å². The molecule has 0 radical (unpaired) electrons. The molecule has 31 heavy (non-hydrogen) atoms. The third-order valence-corrected chi connectivity index (χ3v) is 5.69. The minimum absolute atomic E-state index is 0.213. The molecule has 3 aromatic rings. The molecule has 4 rings (SSSR count). The molecular formula is C24H26FN3O3. The number of benzene rings is 1. The van der Waals surface area contributed by atoms with Crippen LogP contribution in [0.25, 0.3) is 11.3 Å². The summed E-state index contributed by atoms with van der Waals surface area (Å²) in [6.45, 7) is 4.34. The number of carbonyl (C=O) groups excluding carboxylic acids is 1. The highest BCUT2D eigenvalue weighted by Gasteiger charge is 2.44. The Bertz CT molecular complexity index is 1020. The zero-order valence-electron chi connectivity index (χ0n) is 17.6. The van der Waals surface area contributed by atoms with Crippen molar-refractivity contribution >= 4 is 5.97 Å². The van der Waals surface area contributed by atoms with Gasteiger partial charge in [-0.2, -0.15) is 0 Å². The molecule has 1 aliphatic rings. The largest absolute Gasteiger partial charge is 0.466 e. The minimum Gasteiger partial charge on any atom is -0.466 e. The van der Waals surface area contributed by atoms with Crippen LogP contribution >= 0.6 is 0 Å². The molecule has 1 saturated heterocycles. The maximum Gasteiger partial charge on any atom is 0.313 e. The van der Waals surface area contributed by atoms with Gasteiger partial charge in [0.25, 0.3) is 0 Å². The van der Waals surface area contributed by atoms with Gasteiger partial charge in [-0.1, -0.05) is 23.4 Å². The molecule has 1 unspecified atom stereocenters. The van der Waals surface area contributed by atoms with E-state index < -0.39 is 5.41 Å². The number of pyridine rings is 1. The van der Waals surface area contributed by atoms with E-state index in [1.807, 2.05) is 25.3 Å². The lowest BCUT2D eigenvalue weighted by molar-refractivity contribution is -0.159. The van der Waals surface area contributed by atoms with Crippen molar-refractivity contribution in [1.82, 2.24) is 15.0 Å². The lowest BCUT2D eigenvalue weighted by atomic mass is 9.76. The van der Waals surface area contributed by atoms with Crippen LogP contribution < -0.4 is 0 Å². The number of esters is 1. The van der Waals surface area contributed by atoms with Gasteiger partial charge in [-0.25, -0.2) is 4.39 Å². The molecular weight excluding hydrogens is 397 g/mol. The van der Waals surface area contributed by atoms with Crippen molar-refractivity contribution in [1.29, 1.82) is 0 Å². The lowest BCUT2D eigenvalue weighted by Crippen LogP contribution is -2.49. The van der Waals surface area contributed by atoms with Crippen molar-refractivity contribution in [2.24, 2.45) is 5.41 Å². The summed E-state index contributed by atoms with van der Waals surface area (Å²) < 4.78 is 24.6. The molecule has 2 aromatic heterocycles. The van der Waals surface area contributed by atoms with E-state index in [1.165, 1.54) is 12.1 Å². The third-order valence-electron chi connectivity index (χ3n) is 5.69. The van der Waals surface area contributed by atoms with Gasteiger partial charge in [0.2, 0.25) is 0 Å². The van der Waals surface area contributed by atoms with E-state index >= 15 is 0 Å². The van der Waals surface area contributed by atoms with E-state index in [4.69, 9.17) is 9.26 Å². The summed E-state index contributed by atoms with van der Waals surface area (Å²) in [5.74, 6) is 0.0495. The predicted molar refractivity (Wildman–Crippen MR) is 113 cm³/mol. The number of hydrogen-bond acceptors (Lipinski definition) is 6. The summed E-state index contributed by atoms with van der Waals surface area (Å²) in [7, 11) is 0. The van der Waals surface area contributed by atoms with Gasteiger partial charge >= 0.3 is 5.97 Å². The maximum absolute atomic E-state index is 13.6. The van der Waals surface area contributed by atoms with Crippen LogP contribution in [0, 0.1) is 11.2 Å². The fraction of sp³-hybridized carbons (Fsp3) is 0.375. The van der Waals surface area contributed by atoms with E-state index in [0.717, 1.165) is 25.1 Å². The summed E-state index contributed by atoms with van der Waals surface area (Å²) in [5, 5.41) is 4.10. The second kappa shape index (κ2) is 9.39. The summed E-state index contributed by atoms with van der Waals surface area (Å²) in [4.78, 5) is 19.5. The zero-order chi connectivity index (χ0) is 21.7. The van der Waals surface area contributed by atoms with E-state index in [1.54, 1.807) is 24.4 Å². The van der Waals surface area contributed by atoms with Crippen molar-refractivity contribution in [3.8, 4) is 11.3 Å². The van der Waals surface area contributed by atoms with Crippen molar-refractivity contribution in [2.75, 3.05) is 19.7 Å². The van der Waals surface area contributed by atoms with E-state index in [2.05, 4.69) is 15.0 Å². The van der Waals surface area contributed by atoms with Crippen LogP contribution in [0.15, 0.2) is 59.4 Å². The van der Waals surface area contributed by atoms with E-state index in [-0.39, 0.29) is 11.8 Å².